The SMILES string of the molecule is Cc1ccc(C2CC(C)NC(C)C2)c(F)c1. The maximum atomic E-state index is 13.9. The third-order valence-corrected chi connectivity index (χ3v) is 3.44. The standard InChI is InChI=1S/C14H20FN/c1-9-4-5-13(14(15)6-9)12-7-10(2)16-11(3)8-12/h4-6,10-12,16H,7-8H2,1-3H3. The van der Waals surface area contributed by atoms with Crippen molar-refractivity contribution in [2.24, 2.45) is 0 Å². The van der Waals surface area contributed by atoms with E-state index in [1.54, 1.807) is 6.07 Å². The van der Waals surface area contributed by atoms with Crippen molar-refractivity contribution in [1.29, 1.82) is 0 Å². The number of benzene rings is 1. The molecule has 1 aliphatic rings. The topological polar surface area (TPSA) is 12.0 Å². The lowest BCUT2D eigenvalue weighted by Crippen LogP contribution is -2.41. The second-order valence-corrected chi connectivity index (χ2v) is 5.16. The second-order valence-electron chi connectivity index (χ2n) is 5.16. The molecule has 1 N–H and O–H groups in total. The van der Waals surface area contributed by atoms with Crippen molar-refractivity contribution in [3.05, 3.63) is 35.1 Å². The first-order valence-corrected chi connectivity index (χ1v) is 6.08. The highest BCUT2D eigenvalue weighted by Crippen LogP contribution is 2.32. The van der Waals surface area contributed by atoms with E-state index in [-0.39, 0.29) is 5.82 Å². The number of aryl methyl sites for hydroxylation is 1. The summed E-state index contributed by atoms with van der Waals surface area (Å²) in [5.41, 5.74) is 1.89. The molecule has 1 saturated heterocycles. The van der Waals surface area contributed by atoms with Crippen LogP contribution in [0.4, 0.5) is 4.39 Å². The lowest BCUT2D eigenvalue weighted by Gasteiger charge is -2.33. The smallest absolute Gasteiger partial charge is 0.126 e. The van der Waals surface area contributed by atoms with Gasteiger partial charge in [-0.05, 0) is 56.7 Å². The van der Waals surface area contributed by atoms with Crippen LogP contribution in [0.2, 0.25) is 0 Å². The minimum Gasteiger partial charge on any atom is -0.312 e. The summed E-state index contributed by atoms with van der Waals surface area (Å²) in [5, 5.41) is 3.49. The van der Waals surface area contributed by atoms with Crippen LogP contribution in [0.15, 0.2) is 18.2 Å². The molecule has 0 spiro atoms. The Balaban J connectivity index is 2.23. The van der Waals surface area contributed by atoms with Crippen molar-refractivity contribution < 1.29 is 4.39 Å². The second kappa shape index (κ2) is 4.54. The molecule has 2 rings (SSSR count). The molecule has 2 unspecified atom stereocenters. The fourth-order valence-electron chi connectivity index (χ4n) is 2.79. The highest BCUT2D eigenvalue weighted by molar-refractivity contribution is 5.27. The highest BCUT2D eigenvalue weighted by atomic mass is 19.1. The number of piperidine rings is 1. The van der Waals surface area contributed by atoms with E-state index in [1.165, 1.54) is 0 Å². The van der Waals surface area contributed by atoms with E-state index >= 15 is 0 Å². The number of nitrogens with one attached hydrogen (secondary N) is 1. The van der Waals surface area contributed by atoms with Crippen LogP contribution < -0.4 is 5.32 Å². The molecule has 1 fully saturated rings. The summed E-state index contributed by atoms with van der Waals surface area (Å²) in [6.45, 7) is 6.28. The van der Waals surface area contributed by atoms with Crippen LogP contribution >= 0.6 is 0 Å². The van der Waals surface area contributed by atoms with Crippen LogP contribution in [0.3, 0.4) is 0 Å². The van der Waals surface area contributed by atoms with Gasteiger partial charge in [0.05, 0.1) is 0 Å². The minimum absolute atomic E-state index is 0.0358. The van der Waals surface area contributed by atoms with E-state index in [2.05, 4.69) is 19.2 Å². The van der Waals surface area contributed by atoms with E-state index < -0.39 is 0 Å². The zero-order chi connectivity index (χ0) is 11.7. The minimum atomic E-state index is -0.0358. The summed E-state index contributed by atoms with van der Waals surface area (Å²) in [5.74, 6) is 0.332. The molecule has 1 aromatic carbocycles. The van der Waals surface area contributed by atoms with Crippen LogP contribution in [0, 0.1) is 12.7 Å². The van der Waals surface area contributed by atoms with E-state index in [0.717, 1.165) is 24.0 Å². The van der Waals surface area contributed by atoms with Gasteiger partial charge in [0.2, 0.25) is 0 Å². The van der Waals surface area contributed by atoms with E-state index in [1.807, 2.05) is 19.1 Å². The van der Waals surface area contributed by atoms with Gasteiger partial charge in [0.1, 0.15) is 5.82 Å². The Bertz CT molecular complexity index is 365. The average molecular weight is 221 g/mol. The molecule has 1 nitrogen and oxygen atoms in total. The van der Waals surface area contributed by atoms with Gasteiger partial charge in [-0.25, -0.2) is 4.39 Å². The molecule has 0 amide bonds. The van der Waals surface area contributed by atoms with Gasteiger partial charge in [0.25, 0.3) is 0 Å². The van der Waals surface area contributed by atoms with Gasteiger partial charge in [-0.3, -0.25) is 0 Å². The van der Waals surface area contributed by atoms with Crippen molar-refractivity contribution in [3.63, 3.8) is 0 Å². The first kappa shape index (κ1) is 11.6. The molecular weight excluding hydrogens is 201 g/mol. The first-order valence-electron chi connectivity index (χ1n) is 6.08. The normalized spacial score (nSPS) is 30.4. The Hall–Kier alpha value is -0.890. The Morgan fingerprint density at radius 1 is 1.19 bits per heavy atom. The predicted molar refractivity (Wildman–Crippen MR) is 65.2 cm³/mol. The summed E-state index contributed by atoms with van der Waals surface area (Å²) in [6.07, 6.45) is 2.06. The Labute approximate surface area is 97.1 Å². The fourth-order valence-corrected chi connectivity index (χ4v) is 2.79. The molecule has 0 aromatic heterocycles. The van der Waals surface area contributed by atoms with Crippen LogP contribution in [0.1, 0.15) is 43.7 Å². The van der Waals surface area contributed by atoms with E-state index in [0.29, 0.717) is 18.0 Å². The highest BCUT2D eigenvalue weighted by Gasteiger charge is 2.26. The van der Waals surface area contributed by atoms with Crippen molar-refractivity contribution in [2.45, 2.75) is 51.6 Å². The van der Waals surface area contributed by atoms with Crippen LogP contribution in [-0.4, -0.2) is 12.1 Å². The molecule has 0 saturated carbocycles. The molecule has 0 radical (unpaired) electrons. The average Bonchev–Trinajstić information content (AvgIpc) is 2.15. The molecule has 0 bridgehead atoms. The Morgan fingerprint density at radius 2 is 1.81 bits per heavy atom. The molecule has 0 aliphatic carbocycles. The Kier molecular flexibility index (Phi) is 3.29. The van der Waals surface area contributed by atoms with Gasteiger partial charge in [-0.2, -0.15) is 0 Å². The summed E-state index contributed by atoms with van der Waals surface area (Å²) in [7, 11) is 0. The lowest BCUT2D eigenvalue weighted by molar-refractivity contribution is 0.312. The van der Waals surface area contributed by atoms with Crippen molar-refractivity contribution in [2.75, 3.05) is 0 Å². The quantitative estimate of drug-likeness (QED) is 0.766. The van der Waals surface area contributed by atoms with E-state index in [9.17, 15) is 4.39 Å². The molecule has 1 aliphatic heterocycles. The van der Waals surface area contributed by atoms with Crippen LogP contribution in [0.25, 0.3) is 0 Å². The van der Waals surface area contributed by atoms with Gasteiger partial charge in [0.15, 0.2) is 0 Å². The predicted octanol–water partition coefficient (Wildman–Crippen LogP) is 3.38. The molecule has 1 heterocycles. The molecule has 88 valence electrons. The summed E-state index contributed by atoms with van der Waals surface area (Å²) < 4.78 is 13.9. The molecule has 1 aromatic rings. The van der Waals surface area contributed by atoms with Crippen molar-refractivity contribution >= 4 is 0 Å². The molecule has 2 atom stereocenters. The van der Waals surface area contributed by atoms with Gasteiger partial charge < -0.3 is 5.32 Å². The van der Waals surface area contributed by atoms with Gasteiger partial charge in [0, 0.05) is 12.1 Å². The summed E-state index contributed by atoms with van der Waals surface area (Å²) in [4.78, 5) is 0. The zero-order valence-electron chi connectivity index (χ0n) is 10.3. The van der Waals surface area contributed by atoms with Gasteiger partial charge in [-0.15, -0.1) is 0 Å². The number of hydrogen-bond acceptors (Lipinski definition) is 1. The van der Waals surface area contributed by atoms with Crippen molar-refractivity contribution in [1.82, 2.24) is 5.32 Å². The van der Waals surface area contributed by atoms with Gasteiger partial charge >= 0.3 is 0 Å². The monoisotopic (exact) mass is 221 g/mol. The first-order chi connectivity index (χ1) is 7.56. The molecule has 16 heavy (non-hydrogen) atoms. The largest absolute Gasteiger partial charge is 0.312 e. The van der Waals surface area contributed by atoms with E-state index in [4.69, 9.17) is 0 Å². The Morgan fingerprint density at radius 3 is 2.38 bits per heavy atom. The maximum Gasteiger partial charge on any atom is 0.126 e. The third-order valence-electron chi connectivity index (χ3n) is 3.44. The van der Waals surface area contributed by atoms with Gasteiger partial charge in [-0.1, -0.05) is 12.1 Å². The van der Waals surface area contributed by atoms with Crippen molar-refractivity contribution in [3.8, 4) is 0 Å². The lowest BCUT2D eigenvalue weighted by atomic mass is 9.83. The third kappa shape index (κ3) is 2.43. The number of rotatable bonds is 1. The molecular formula is C14H20FN. The van der Waals surface area contributed by atoms with Crippen LogP contribution in [0.5, 0.6) is 0 Å². The fraction of sp³-hybridized carbons (Fsp3) is 0.571. The summed E-state index contributed by atoms with van der Waals surface area (Å²) >= 11 is 0. The number of halogens is 1. The number of hydrogen-bond donors (Lipinski definition) is 1. The summed E-state index contributed by atoms with van der Waals surface area (Å²) in [6, 6.07) is 6.58. The van der Waals surface area contributed by atoms with Crippen LogP contribution in [-0.2, 0) is 0 Å². The zero-order valence-corrected chi connectivity index (χ0v) is 10.3. The molecule has 2 heteroatoms. The maximum absolute atomic E-state index is 13.9.